The number of aryl methyl sites for hydroxylation is 1. The summed E-state index contributed by atoms with van der Waals surface area (Å²) in [6, 6.07) is 20.5. The van der Waals surface area contributed by atoms with Gasteiger partial charge in [-0.1, -0.05) is 42.5 Å². The molecule has 0 spiro atoms. The number of nitrogens with zero attached hydrogens (tertiary/aromatic N) is 1. The molecule has 0 saturated heterocycles. The molecule has 0 aliphatic heterocycles. The lowest BCUT2D eigenvalue weighted by atomic mass is 10.1. The molecule has 30 heavy (non-hydrogen) atoms. The molecule has 2 aromatic carbocycles. The molecule has 0 atom stereocenters. The molecule has 6 nitrogen and oxygen atoms in total. The average molecular weight is 397 g/mol. The van der Waals surface area contributed by atoms with Gasteiger partial charge < -0.3 is 4.42 Å². The fourth-order valence-electron chi connectivity index (χ4n) is 2.98. The van der Waals surface area contributed by atoms with Crippen molar-refractivity contribution >= 4 is 34.9 Å². The highest BCUT2D eigenvalue weighted by Gasteiger charge is 2.12. The van der Waals surface area contributed by atoms with E-state index in [1.807, 2.05) is 60.7 Å². The number of nitrogens with one attached hydrogen (secondary N) is 2. The van der Waals surface area contributed by atoms with E-state index in [1.165, 1.54) is 6.26 Å². The molecule has 0 saturated carbocycles. The van der Waals surface area contributed by atoms with Crippen LogP contribution in [0.4, 0.5) is 0 Å². The zero-order valence-corrected chi connectivity index (χ0v) is 16.3. The van der Waals surface area contributed by atoms with Crippen LogP contribution in [0.1, 0.15) is 37.7 Å². The van der Waals surface area contributed by atoms with Crippen LogP contribution in [0.15, 0.2) is 77.4 Å². The molecule has 0 aliphatic carbocycles. The van der Waals surface area contributed by atoms with Crippen molar-refractivity contribution in [3.63, 3.8) is 0 Å². The van der Waals surface area contributed by atoms with Crippen molar-refractivity contribution in [2.75, 3.05) is 0 Å². The van der Waals surface area contributed by atoms with Gasteiger partial charge in [-0.15, -0.1) is 0 Å². The Kier molecular flexibility index (Phi) is 5.39. The van der Waals surface area contributed by atoms with Gasteiger partial charge >= 0.3 is 0 Å². The number of carbonyl (C=O) groups excluding carboxylic acids is 2. The Morgan fingerprint density at radius 1 is 0.867 bits per heavy atom. The van der Waals surface area contributed by atoms with E-state index in [4.69, 9.17) is 4.42 Å². The second-order valence-electron chi connectivity index (χ2n) is 6.68. The number of benzene rings is 2. The van der Waals surface area contributed by atoms with Crippen molar-refractivity contribution < 1.29 is 14.0 Å². The van der Waals surface area contributed by atoms with E-state index in [0.29, 0.717) is 16.9 Å². The first-order valence-electron chi connectivity index (χ1n) is 9.39. The molecule has 0 bridgehead atoms. The lowest BCUT2D eigenvalue weighted by Gasteiger charge is -2.07. The van der Waals surface area contributed by atoms with Crippen molar-refractivity contribution in [1.29, 1.82) is 0 Å². The summed E-state index contributed by atoms with van der Waals surface area (Å²) < 4.78 is 5.08. The van der Waals surface area contributed by atoms with E-state index in [0.717, 1.165) is 22.2 Å². The quantitative estimate of drug-likeness (QED) is 0.501. The first kappa shape index (κ1) is 19.1. The number of amides is 2. The van der Waals surface area contributed by atoms with E-state index in [9.17, 15) is 9.59 Å². The topological polar surface area (TPSA) is 84.2 Å². The Morgan fingerprint density at radius 3 is 2.40 bits per heavy atom. The van der Waals surface area contributed by atoms with Crippen LogP contribution in [0.25, 0.3) is 23.1 Å². The van der Waals surface area contributed by atoms with Crippen molar-refractivity contribution in [1.82, 2.24) is 15.8 Å². The van der Waals surface area contributed by atoms with Crippen LogP contribution in [0.3, 0.4) is 0 Å². The molecule has 0 unspecified atom stereocenters. The molecule has 0 radical (unpaired) electrons. The van der Waals surface area contributed by atoms with Gasteiger partial charge in [0, 0.05) is 10.9 Å². The van der Waals surface area contributed by atoms with Crippen LogP contribution >= 0.6 is 0 Å². The van der Waals surface area contributed by atoms with E-state index in [2.05, 4.69) is 15.8 Å². The lowest BCUT2D eigenvalue weighted by Crippen LogP contribution is -2.41. The van der Waals surface area contributed by atoms with Gasteiger partial charge in [0.25, 0.3) is 11.8 Å². The number of hydrogen-bond acceptors (Lipinski definition) is 4. The average Bonchev–Trinajstić information content (AvgIpc) is 3.22. The van der Waals surface area contributed by atoms with Gasteiger partial charge in [0.15, 0.2) is 0 Å². The van der Waals surface area contributed by atoms with Crippen LogP contribution in [-0.2, 0) is 0 Å². The summed E-state index contributed by atoms with van der Waals surface area (Å²) in [4.78, 5) is 28.9. The summed E-state index contributed by atoms with van der Waals surface area (Å²) in [7, 11) is 0. The Balaban J connectivity index is 1.38. The molecule has 6 heteroatoms. The van der Waals surface area contributed by atoms with Gasteiger partial charge in [-0.05, 0) is 48.9 Å². The number of hydrazine groups is 1. The van der Waals surface area contributed by atoms with Gasteiger partial charge in [-0.25, -0.2) is 4.98 Å². The summed E-state index contributed by atoms with van der Waals surface area (Å²) in [5.41, 5.74) is 8.31. The van der Waals surface area contributed by atoms with Crippen LogP contribution < -0.4 is 10.9 Å². The minimum atomic E-state index is -0.433. The molecular weight excluding hydrogens is 378 g/mol. The third kappa shape index (κ3) is 4.28. The van der Waals surface area contributed by atoms with Crippen LogP contribution in [0, 0.1) is 6.92 Å². The SMILES string of the molecule is Cc1occc1C(=O)NNC(=O)c1ccc(/C=C/c2ccc3ccccc3n2)cc1. The van der Waals surface area contributed by atoms with Crippen LogP contribution in [0.5, 0.6) is 0 Å². The van der Waals surface area contributed by atoms with E-state index in [-0.39, 0.29) is 0 Å². The highest BCUT2D eigenvalue weighted by Crippen LogP contribution is 2.14. The highest BCUT2D eigenvalue weighted by molar-refractivity contribution is 5.99. The number of rotatable bonds is 4. The molecule has 4 rings (SSSR count). The van der Waals surface area contributed by atoms with Gasteiger partial charge in [-0.3, -0.25) is 20.4 Å². The number of carbonyl (C=O) groups is 2. The number of fused-ring (bicyclic) bond motifs is 1. The second kappa shape index (κ2) is 8.45. The smallest absolute Gasteiger partial charge is 0.273 e. The number of pyridine rings is 1. The monoisotopic (exact) mass is 397 g/mol. The van der Waals surface area contributed by atoms with Crippen molar-refractivity contribution in [3.05, 3.63) is 101 Å². The maximum Gasteiger partial charge on any atom is 0.273 e. The maximum atomic E-state index is 12.2. The summed E-state index contributed by atoms with van der Waals surface area (Å²) in [6.07, 6.45) is 5.28. The molecule has 0 fully saturated rings. The largest absolute Gasteiger partial charge is 0.469 e. The predicted octanol–water partition coefficient (Wildman–Crippen LogP) is 4.38. The summed E-state index contributed by atoms with van der Waals surface area (Å²) in [5, 5.41) is 1.10. The minimum Gasteiger partial charge on any atom is -0.469 e. The first-order valence-corrected chi connectivity index (χ1v) is 9.39. The Labute approximate surface area is 173 Å². The zero-order valence-electron chi connectivity index (χ0n) is 16.3. The van der Waals surface area contributed by atoms with Gasteiger partial charge in [0.1, 0.15) is 5.76 Å². The molecule has 0 aliphatic rings. The standard InChI is InChI=1S/C24H19N3O3/c1-16-21(14-15-30-16)24(29)27-26-23(28)19-9-6-17(7-10-19)8-12-20-13-11-18-4-2-3-5-22(18)25-20/h2-15H,1H3,(H,26,28)(H,27,29)/b12-8+. The van der Waals surface area contributed by atoms with Gasteiger partial charge in [-0.2, -0.15) is 0 Å². The van der Waals surface area contributed by atoms with Crippen LogP contribution in [-0.4, -0.2) is 16.8 Å². The zero-order chi connectivity index (χ0) is 20.9. The molecule has 148 valence electrons. The fraction of sp³-hybridized carbons (Fsp3) is 0.0417. The molecular formula is C24H19N3O3. The Bertz CT molecular complexity index is 1240. The number of para-hydroxylation sites is 1. The summed E-state index contributed by atoms with van der Waals surface area (Å²) >= 11 is 0. The summed E-state index contributed by atoms with van der Waals surface area (Å²) in [6.45, 7) is 1.68. The highest BCUT2D eigenvalue weighted by atomic mass is 16.3. The van der Waals surface area contributed by atoms with Crippen molar-refractivity contribution in [2.45, 2.75) is 6.92 Å². The van der Waals surface area contributed by atoms with Gasteiger partial charge in [0.05, 0.1) is 23.0 Å². The van der Waals surface area contributed by atoms with E-state index in [1.54, 1.807) is 25.1 Å². The predicted molar refractivity (Wildman–Crippen MR) is 115 cm³/mol. The first-order chi connectivity index (χ1) is 14.6. The molecule has 2 heterocycles. The van der Waals surface area contributed by atoms with E-state index < -0.39 is 11.8 Å². The van der Waals surface area contributed by atoms with Crippen molar-refractivity contribution in [2.24, 2.45) is 0 Å². The maximum absolute atomic E-state index is 12.2. The van der Waals surface area contributed by atoms with Crippen LogP contribution in [0.2, 0.25) is 0 Å². The number of furan rings is 1. The number of hydrogen-bond donors (Lipinski definition) is 2. The summed E-state index contributed by atoms with van der Waals surface area (Å²) in [5.74, 6) is -0.355. The molecule has 2 amide bonds. The third-order valence-electron chi connectivity index (χ3n) is 4.63. The third-order valence-corrected chi connectivity index (χ3v) is 4.63. The van der Waals surface area contributed by atoms with Crippen molar-refractivity contribution in [3.8, 4) is 0 Å². The van der Waals surface area contributed by atoms with E-state index >= 15 is 0 Å². The molecule has 2 aromatic heterocycles. The number of aromatic nitrogens is 1. The normalized spacial score (nSPS) is 11.0. The second-order valence-corrected chi connectivity index (χ2v) is 6.68. The molecule has 4 aromatic rings. The lowest BCUT2D eigenvalue weighted by molar-refractivity contribution is 0.0845. The molecule has 2 N–H and O–H groups in total. The Morgan fingerprint density at radius 2 is 1.63 bits per heavy atom. The van der Waals surface area contributed by atoms with Gasteiger partial charge in [0.2, 0.25) is 0 Å². The fourth-order valence-corrected chi connectivity index (χ4v) is 2.98. The Hall–Kier alpha value is -4.19. The minimum absolute atomic E-state index is 0.373.